The zero-order chi connectivity index (χ0) is 23.9. The van der Waals surface area contributed by atoms with Gasteiger partial charge in [0.25, 0.3) is 5.91 Å². The number of halogens is 4. The van der Waals surface area contributed by atoms with Gasteiger partial charge in [-0.1, -0.05) is 29.8 Å². The second-order valence-corrected chi connectivity index (χ2v) is 8.46. The number of hydrogen-bond acceptors (Lipinski definition) is 3. The van der Waals surface area contributed by atoms with Crippen molar-refractivity contribution in [3.05, 3.63) is 83.0 Å². The quantitative estimate of drug-likeness (QED) is 0.386. The molecule has 4 aromatic rings. The van der Waals surface area contributed by atoms with Gasteiger partial charge in [0, 0.05) is 35.4 Å². The molecule has 1 aliphatic heterocycles. The molecule has 174 valence electrons. The lowest BCUT2D eigenvalue weighted by Crippen LogP contribution is -2.20. The molecule has 2 aromatic carbocycles. The highest BCUT2D eigenvalue weighted by Gasteiger charge is 2.40. The van der Waals surface area contributed by atoms with E-state index in [-0.39, 0.29) is 10.7 Å². The molecule has 34 heavy (non-hydrogen) atoms. The first-order valence-electron chi connectivity index (χ1n) is 10.7. The van der Waals surface area contributed by atoms with Crippen molar-refractivity contribution in [2.24, 2.45) is 0 Å². The monoisotopic (exact) mass is 485 g/mol. The van der Waals surface area contributed by atoms with E-state index in [4.69, 9.17) is 11.6 Å². The maximum atomic E-state index is 13.9. The molecule has 0 spiro atoms. The summed E-state index contributed by atoms with van der Waals surface area (Å²) in [6.07, 6.45) is 1.16. The Morgan fingerprint density at radius 1 is 1.09 bits per heavy atom. The van der Waals surface area contributed by atoms with Crippen molar-refractivity contribution in [2.45, 2.75) is 32.0 Å². The first-order valence-corrected chi connectivity index (χ1v) is 11.1. The fourth-order valence-corrected chi connectivity index (χ4v) is 4.28. The van der Waals surface area contributed by atoms with Crippen molar-refractivity contribution < 1.29 is 18.0 Å². The van der Waals surface area contributed by atoms with Crippen LogP contribution in [0, 0.1) is 0 Å². The highest BCUT2D eigenvalue weighted by Crippen LogP contribution is 2.34. The molecule has 1 aliphatic rings. The van der Waals surface area contributed by atoms with Crippen molar-refractivity contribution >= 4 is 23.2 Å². The normalized spacial score (nSPS) is 13.5. The lowest BCUT2D eigenvalue weighted by molar-refractivity contribution is -0.143. The highest BCUT2D eigenvalue weighted by atomic mass is 35.5. The molecule has 0 unspecified atom stereocenters. The average molecular weight is 486 g/mol. The van der Waals surface area contributed by atoms with Crippen LogP contribution in [0.3, 0.4) is 0 Å². The van der Waals surface area contributed by atoms with Crippen LogP contribution in [0.25, 0.3) is 16.9 Å². The Morgan fingerprint density at radius 2 is 1.91 bits per heavy atom. The van der Waals surface area contributed by atoms with E-state index in [1.54, 1.807) is 24.3 Å². The Labute approximate surface area is 198 Å². The van der Waals surface area contributed by atoms with Gasteiger partial charge in [-0.25, -0.2) is 9.67 Å². The summed E-state index contributed by atoms with van der Waals surface area (Å²) in [7, 11) is 0. The first kappa shape index (κ1) is 22.2. The molecular formula is C24H19ClF3N5O. The molecule has 0 saturated carbocycles. The second-order valence-electron chi connectivity index (χ2n) is 8.02. The van der Waals surface area contributed by atoms with Gasteiger partial charge in [-0.3, -0.25) is 4.79 Å². The predicted octanol–water partition coefficient (Wildman–Crippen LogP) is 6.00. The van der Waals surface area contributed by atoms with E-state index in [0.29, 0.717) is 10.4 Å². The third kappa shape index (κ3) is 4.31. The summed E-state index contributed by atoms with van der Waals surface area (Å²) in [5.74, 6) is 0.0980. The Kier molecular flexibility index (Phi) is 5.65. The average Bonchev–Trinajstić information content (AvgIpc) is 3.44. The van der Waals surface area contributed by atoms with Crippen LogP contribution in [-0.2, 0) is 19.1 Å². The topological polar surface area (TPSA) is 64.7 Å². The van der Waals surface area contributed by atoms with E-state index in [2.05, 4.69) is 20.0 Å². The summed E-state index contributed by atoms with van der Waals surface area (Å²) in [5, 5.41) is 6.64. The van der Waals surface area contributed by atoms with Crippen LogP contribution < -0.4 is 5.32 Å². The number of anilines is 1. The number of aryl methyl sites for hydroxylation is 2. The van der Waals surface area contributed by atoms with Crippen LogP contribution in [0.5, 0.6) is 0 Å². The SMILES string of the molecule is O=C(Nc1cccc(-c2cn3c(n2)CCCC3)c1)c1cnn(-c2cccc(Cl)c2)c1C(F)(F)F. The summed E-state index contributed by atoms with van der Waals surface area (Å²) in [5.41, 5.74) is 0.227. The number of aromatic nitrogens is 4. The molecule has 6 nitrogen and oxygen atoms in total. The zero-order valence-corrected chi connectivity index (χ0v) is 18.6. The number of nitrogens with one attached hydrogen (secondary N) is 1. The van der Waals surface area contributed by atoms with Gasteiger partial charge in [0.1, 0.15) is 5.82 Å². The number of fused-ring (bicyclic) bond motifs is 1. The van der Waals surface area contributed by atoms with Gasteiger partial charge in [0.15, 0.2) is 5.69 Å². The van der Waals surface area contributed by atoms with E-state index in [9.17, 15) is 18.0 Å². The van der Waals surface area contributed by atoms with Gasteiger partial charge in [-0.15, -0.1) is 0 Å². The molecule has 0 radical (unpaired) electrons. The lowest BCUT2D eigenvalue weighted by Gasteiger charge is -2.13. The molecule has 0 atom stereocenters. The number of alkyl halides is 3. The van der Waals surface area contributed by atoms with E-state index in [1.807, 2.05) is 12.3 Å². The molecule has 10 heteroatoms. The minimum Gasteiger partial charge on any atom is -0.334 e. The van der Waals surface area contributed by atoms with Crippen LogP contribution in [0.4, 0.5) is 18.9 Å². The Bertz CT molecular complexity index is 1350. The van der Waals surface area contributed by atoms with Gasteiger partial charge in [0.05, 0.1) is 23.1 Å². The van der Waals surface area contributed by atoms with Crippen LogP contribution in [0.1, 0.15) is 34.7 Å². The highest BCUT2D eigenvalue weighted by molar-refractivity contribution is 6.30. The van der Waals surface area contributed by atoms with Gasteiger partial charge in [-0.05, 0) is 43.2 Å². The number of imidazole rings is 1. The van der Waals surface area contributed by atoms with E-state index < -0.39 is 23.3 Å². The summed E-state index contributed by atoms with van der Waals surface area (Å²) >= 11 is 5.93. The third-order valence-electron chi connectivity index (χ3n) is 5.66. The van der Waals surface area contributed by atoms with Gasteiger partial charge >= 0.3 is 6.18 Å². The summed E-state index contributed by atoms with van der Waals surface area (Å²) < 4.78 is 44.6. The van der Waals surface area contributed by atoms with Crippen molar-refractivity contribution in [3.63, 3.8) is 0 Å². The number of carbonyl (C=O) groups excluding carboxylic acids is 1. The van der Waals surface area contributed by atoms with Crippen molar-refractivity contribution in [1.29, 1.82) is 0 Å². The van der Waals surface area contributed by atoms with Crippen molar-refractivity contribution in [2.75, 3.05) is 5.32 Å². The molecule has 3 heterocycles. The summed E-state index contributed by atoms with van der Waals surface area (Å²) in [4.78, 5) is 17.6. The fraction of sp³-hybridized carbons (Fsp3) is 0.208. The minimum atomic E-state index is -4.82. The molecule has 1 N–H and O–H groups in total. The van der Waals surface area contributed by atoms with Gasteiger partial charge in [-0.2, -0.15) is 18.3 Å². The Hall–Kier alpha value is -3.59. The number of nitrogens with zero attached hydrogens (tertiary/aromatic N) is 4. The van der Waals surface area contributed by atoms with Crippen LogP contribution in [0.2, 0.25) is 5.02 Å². The largest absolute Gasteiger partial charge is 0.434 e. The molecule has 0 fully saturated rings. The molecule has 2 aromatic heterocycles. The van der Waals surface area contributed by atoms with E-state index in [1.165, 1.54) is 18.2 Å². The van der Waals surface area contributed by atoms with Gasteiger partial charge < -0.3 is 9.88 Å². The molecule has 0 saturated heterocycles. The number of hydrogen-bond donors (Lipinski definition) is 1. The number of rotatable bonds is 4. The molecule has 1 amide bonds. The Morgan fingerprint density at radius 3 is 2.68 bits per heavy atom. The van der Waals surface area contributed by atoms with Crippen LogP contribution in [-0.4, -0.2) is 25.2 Å². The minimum absolute atomic E-state index is 0.102. The smallest absolute Gasteiger partial charge is 0.334 e. The van der Waals surface area contributed by atoms with Crippen LogP contribution in [0.15, 0.2) is 60.9 Å². The molecule has 5 rings (SSSR count). The number of carbonyl (C=O) groups is 1. The predicted molar refractivity (Wildman–Crippen MR) is 122 cm³/mol. The summed E-state index contributed by atoms with van der Waals surface area (Å²) in [6, 6.07) is 12.7. The summed E-state index contributed by atoms with van der Waals surface area (Å²) in [6.45, 7) is 0.912. The van der Waals surface area contributed by atoms with E-state index >= 15 is 0 Å². The maximum absolute atomic E-state index is 13.9. The number of amides is 1. The standard InChI is InChI=1S/C24H19ClF3N5O/c25-16-6-4-8-18(12-16)33-22(24(26,27)28)19(13-29-33)23(34)30-17-7-3-5-15(11-17)20-14-32-10-2-1-9-21(32)31-20/h3-8,11-14H,1-2,9-10H2,(H,30,34). The third-order valence-corrected chi connectivity index (χ3v) is 5.90. The fourth-order valence-electron chi connectivity index (χ4n) is 4.10. The molecule has 0 bridgehead atoms. The van der Waals surface area contributed by atoms with E-state index in [0.717, 1.165) is 49.1 Å². The van der Waals surface area contributed by atoms with Crippen molar-refractivity contribution in [3.8, 4) is 16.9 Å². The molecule has 0 aliphatic carbocycles. The zero-order valence-electron chi connectivity index (χ0n) is 17.8. The Balaban J connectivity index is 1.45. The second kappa shape index (κ2) is 8.64. The van der Waals surface area contributed by atoms with Crippen LogP contribution >= 0.6 is 11.6 Å². The molecular weight excluding hydrogens is 467 g/mol. The van der Waals surface area contributed by atoms with Gasteiger partial charge in [0.2, 0.25) is 0 Å². The number of benzene rings is 2. The first-order chi connectivity index (χ1) is 16.3. The lowest BCUT2D eigenvalue weighted by atomic mass is 10.1. The maximum Gasteiger partial charge on any atom is 0.434 e. The van der Waals surface area contributed by atoms with Crippen molar-refractivity contribution in [1.82, 2.24) is 19.3 Å².